The van der Waals surface area contributed by atoms with E-state index in [1.807, 2.05) is 37.3 Å². The molecule has 2 aromatic heterocycles. The van der Waals surface area contributed by atoms with Crippen molar-refractivity contribution in [2.75, 3.05) is 12.0 Å². The molecule has 3 rings (SSSR count). The number of hydrogen-bond donors (Lipinski definition) is 1. The normalized spacial score (nSPS) is 11.2. The van der Waals surface area contributed by atoms with Crippen LogP contribution in [0.3, 0.4) is 0 Å². The number of hydrogen-bond acceptors (Lipinski definition) is 7. The number of thiophene rings is 1. The summed E-state index contributed by atoms with van der Waals surface area (Å²) in [5, 5.41) is 9.57. The lowest BCUT2D eigenvalue weighted by Gasteiger charge is -2.06. The zero-order valence-electron chi connectivity index (χ0n) is 14.7. The molecule has 0 aliphatic heterocycles. The minimum atomic E-state index is -0.758. The summed E-state index contributed by atoms with van der Waals surface area (Å²) in [7, 11) is 0. The maximum atomic E-state index is 13.0. The van der Waals surface area contributed by atoms with Gasteiger partial charge in [-0.05, 0) is 19.4 Å². The number of benzene rings is 1. The number of nitrogens with zero attached hydrogens (tertiary/aromatic N) is 3. The van der Waals surface area contributed by atoms with E-state index in [0.29, 0.717) is 10.2 Å². The summed E-state index contributed by atoms with van der Waals surface area (Å²) in [5.74, 6) is -0.758. The molecule has 2 heterocycles. The molecule has 0 atom stereocenters. The summed E-state index contributed by atoms with van der Waals surface area (Å²) >= 11 is 1.44. The van der Waals surface area contributed by atoms with Gasteiger partial charge in [-0.15, -0.1) is 11.3 Å². The van der Waals surface area contributed by atoms with E-state index in [4.69, 9.17) is 10.00 Å². The Hall–Kier alpha value is -3.44. The molecule has 0 aliphatic rings. The van der Waals surface area contributed by atoms with E-state index in [1.165, 1.54) is 17.7 Å². The number of rotatable bonds is 5. The first-order chi connectivity index (χ1) is 13.1. The number of carbonyl (C=O) groups excluding carboxylic acids is 1. The van der Waals surface area contributed by atoms with Crippen LogP contribution in [0, 0.1) is 18.3 Å². The van der Waals surface area contributed by atoms with Gasteiger partial charge in [-0.1, -0.05) is 30.3 Å². The third kappa shape index (κ3) is 3.59. The molecule has 0 spiro atoms. The van der Waals surface area contributed by atoms with Crippen molar-refractivity contribution in [3.63, 3.8) is 0 Å². The summed E-state index contributed by atoms with van der Waals surface area (Å²) in [6.45, 7) is 3.74. The summed E-state index contributed by atoms with van der Waals surface area (Å²) < 4.78 is 5.93. The molecule has 1 aromatic carbocycles. The van der Waals surface area contributed by atoms with Crippen LogP contribution in [0.4, 0.5) is 0 Å². The second kappa shape index (κ2) is 7.85. The maximum absolute atomic E-state index is 13.0. The van der Waals surface area contributed by atoms with E-state index >= 15 is 0 Å². The molecule has 0 unspecified atom stereocenters. The van der Waals surface area contributed by atoms with Crippen molar-refractivity contribution < 1.29 is 9.53 Å². The zero-order valence-corrected chi connectivity index (χ0v) is 15.5. The highest BCUT2D eigenvalue weighted by molar-refractivity contribution is 7.19. The lowest BCUT2D eigenvalue weighted by Crippen LogP contribution is -2.27. The molecule has 0 amide bonds. The quantitative estimate of drug-likeness (QED) is 0.415. The number of ether oxygens (including phenoxy) is 1. The minimum absolute atomic E-state index is 0.153. The third-order valence-corrected chi connectivity index (χ3v) is 4.83. The first-order valence-electron chi connectivity index (χ1n) is 8.17. The summed E-state index contributed by atoms with van der Waals surface area (Å²) in [6, 6.07) is 11.4. The van der Waals surface area contributed by atoms with Crippen molar-refractivity contribution in [1.29, 1.82) is 5.26 Å². The molecule has 0 radical (unpaired) electrons. The minimum Gasteiger partial charge on any atom is -0.462 e. The van der Waals surface area contributed by atoms with Gasteiger partial charge in [0, 0.05) is 16.6 Å². The van der Waals surface area contributed by atoms with Crippen LogP contribution in [0.5, 0.6) is 0 Å². The van der Waals surface area contributed by atoms with Gasteiger partial charge >= 0.3 is 5.97 Å². The van der Waals surface area contributed by atoms with Gasteiger partial charge in [0.1, 0.15) is 17.2 Å². The number of nitriles is 1. The van der Waals surface area contributed by atoms with Crippen molar-refractivity contribution in [2.45, 2.75) is 13.8 Å². The Balaban J connectivity index is 2.07. The first-order valence-corrected chi connectivity index (χ1v) is 8.98. The van der Waals surface area contributed by atoms with Crippen LogP contribution < -0.4 is 11.0 Å². The predicted molar refractivity (Wildman–Crippen MR) is 104 cm³/mol. The lowest BCUT2D eigenvalue weighted by atomic mass is 10.0. The van der Waals surface area contributed by atoms with Gasteiger partial charge in [0.05, 0.1) is 12.0 Å². The molecule has 3 aromatic rings. The molecule has 136 valence electrons. The van der Waals surface area contributed by atoms with Gasteiger partial charge in [-0.2, -0.15) is 5.26 Å². The summed E-state index contributed by atoms with van der Waals surface area (Å²) in [6.07, 6.45) is 2.46. The van der Waals surface area contributed by atoms with Crippen molar-refractivity contribution in [2.24, 2.45) is 0 Å². The Morgan fingerprint density at radius 2 is 2.15 bits per heavy atom. The standard InChI is InChI=1S/C19H16N4O3S/c1-3-26-19(25)14(9-20)10-22-23-11-21-17-16(18(23)24)15(12(2)27-17)13-7-5-4-6-8-13/h4-8,10-11,22H,3H2,1-2H3/b14-10+. The van der Waals surface area contributed by atoms with Gasteiger partial charge in [0.15, 0.2) is 5.57 Å². The van der Waals surface area contributed by atoms with Crippen LogP contribution in [-0.2, 0) is 9.53 Å². The largest absolute Gasteiger partial charge is 0.462 e. The summed E-state index contributed by atoms with van der Waals surface area (Å²) in [4.78, 5) is 30.6. The van der Waals surface area contributed by atoms with Crippen molar-refractivity contribution in [3.8, 4) is 17.2 Å². The molecule has 1 N–H and O–H groups in total. The fraction of sp³-hybridized carbons (Fsp3) is 0.158. The topological polar surface area (TPSA) is 97.0 Å². The van der Waals surface area contributed by atoms with Gasteiger partial charge in [0.2, 0.25) is 0 Å². The third-order valence-electron chi connectivity index (χ3n) is 3.82. The van der Waals surface area contributed by atoms with Crippen LogP contribution >= 0.6 is 11.3 Å². The Bertz CT molecular complexity index is 1120. The van der Waals surface area contributed by atoms with E-state index in [2.05, 4.69) is 10.4 Å². The Morgan fingerprint density at radius 3 is 2.81 bits per heavy atom. The molecule has 8 heteroatoms. The van der Waals surface area contributed by atoms with Gasteiger partial charge in [-0.25, -0.2) is 14.5 Å². The highest BCUT2D eigenvalue weighted by Crippen LogP contribution is 2.35. The van der Waals surface area contributed by atoms with Crippen LogP contribution in [0.25, 0.3) is 21.3 Å². The molecule has 27 heavy (non-hydrogen) atoms. The van der Waals surface area contributed by atoms with Crippen LogP contribution in [0.2, 0.25) is 0 Å². The van der Waals surface area contributed by atoms with E-state index in [0.717, 1.165) is 26.9 Å². The Morgan fingerprint density at radius 1 is 1.41 bits per heavy atom. The summed E-state index contributed by atoms with van der Waals surface area (Å²) in [5.41, 5.74) is 3.84. The van der Waals surface area contributed by atoms with Crippen molar-refractivity contribution in [3.05, 3.63) is 63.7 Å². The van der Waals surface area contributed by atoms with Crippen molar-refractivity contribution in [1.82, 2.24) is 9.66 Å². The molecule has 0 aliphatic carbocycles. The van der Waals surface area contributed by atoms with Gasteiger partial charge < -0.3 is 4.74 Å². The molecule has 0 fully saturated rings. The molecule has 0 bridgehead atoms. The Kier molecular flexibility index (Phi) is 5.33. The second-order valence-corrected chi connectivity index (χ2v) is 6.72. The predicted octanol–water partition coefficient (Wildman–Crippen LogP) is 2.95. The fourth-order valence-corrected chi connectivity index (χ4v) is 3.63. The van der Waals surface area contributed by atoms with Crippen LogP contribution in [-0.4, -0.2) is 22.2 Å². The SMILES string of the molecule is CCOC(=O)/C(C#N)=C/Nn1cnc2sc(C)c(-c3ccccc3)c2c1=O. The molecular weight excluding hydrogens is 364 g/mol. The number of nitrogens with one attached hydrogen (secondary N) is 1. The van der Waals surface area contributed by atoms with Crippen LogP contribution in [0.1, 0.15) is 11.8 Å². The highest BCUT2D eigenvalue weighted by atomic mass is 32.1. The van der Waals surface area contributed by atoms with Gasteiger partial charge in [-0.3, -0.25) is 10.2 Å². The average molecular weight is 380 g/mol. The van der Waals surface area contributed by atoms with E-state index < -0.39 is 5.97 Å². The molecule has 0 saturated heterocycles. The smallest absolute Gasteiger partial charge is 0.350 e. The van der Waals surface area contributed by atoms with E-state index in [1.54, 1.807) is 13.0 Å². The average Bonchev–Trinajstić information content (AvgIpc) is 3.01. The number of aryl methyl sites for hydroxylation is 1. The highest BCUT2D eigenvalue weighted by Gasteiger charge is 2.17. The fourth-order valence-electron chi connectivity index (χ4n) is 2.63. The van der Waals surface area contributed by atoms with Gasteiger partial charge in [0.25, 0.3) is 5.56 Å². The lowest BCUT2D eigenvalue weighted by molar-refractivity contribution is -0.138. The molecule has 7 nitrogen and oxygen atoms in total. The monoisotopic (exact) mass is 380 g/mol. The molecular formula is C19H16N4O3S. The van der Waals surface area contributed by atoms with Crippen LogP contribution in [0.15, 0.2) is 53.2 Å². The zero-order chi connectivity index (χ0) is 19.4. The van der Waals surface area contributed by atoms with Crippen molar-refractivity contribution >= 4 is 27.5 Å². The first kappa shape index (κ1) is 18.4. The Labute approximate surface area is 159 Å². The second-order valence-electron chi connectivity index (χ2n) is 5.52. The molecule has 0 saturated carbocycles. The van der Waals surface area contributed by atoms with E-state index in [9.17, 15) is 9.59 Å². The number of aromatic nitrogens is 2. The maximum Gasteiger partial charge on any atom is 0.350 e. The number of fused-ring (bicyclic) bond motifs is 1. The van der Waals surface area contributed by atoms with E-state index in [-0.39, 0.29) is 17.7 Å². The number of carbonyl (C=O) groups is 1. The number of esters is 1.